The summed E-state index contributed by atoms with van der Waals surface area (Å²) in [6, 6.07) is 9.74. The molecule has 108 valence electrons. The molecular weight excluding hydrogens is 338 g/mol. The molecule has 0 heterocycles. The Bertz CT molecular complexity index is 728. The highest BCUT2D eigenvalue weighted by molar-refractivity contribution is 9.10. The first-order valence-corrected chi connectivity index (χ1v) is 6.91. The number of aryl methyl sites for hydroxylation is 1. The number of carbonyl (C=O) groups is 1. The fourth-order valence-electron chi connectivity index (χ4n) is 1.83. The second-order valence-corrected chi connectivity index (χ2v) is 5.42. The predicted octanol–water partition coefficient (Wildman–Crippen LogP) is 4.66. The van der Waals surface area contributed by atoms with Crippen molar-refractivity contribution in [3.8, 4) is 11.5 Å². The van der Waals surface area contributed by atoms with Crippen LogP contribution in [0, 0.1) is 17.0 Å². The van der Waals surface area contributed by atoms with Crippen molar-refractivity contribution in [3.63, 3.8) is 0 Å². The number of ketones is 1. The minimum Gasteiger partial charge on any atom is -0.457 e. The lowest BCUT2D eigenvalue weighted by Gasteiger charge is -2.09. The largest absolute Gasteiger partial charge is 0.457 e. The van der Waals surface area contributed by atoms with Crippen LogP contribution in [-0.4, -0.2) is 10.7 Å². The van der Waals surface area contributed by atoms with E-state index < -0.39 is 4.92 Å². The molecule has 0 radical (unpaired) electrons. The van der Waals surface area contributed by atoms with Gasteiger partial charge in [-0.1, -0.05) is 22.0 Å². The van der Waals surface area contributed by atoms with Crippen LogP contribution in [0.2, 0.25) is 0 Å². The van der Waals surface area contributed by atoms with Crippen molar-refractivity contribution in [3.05, 3.63) is 62.1 Å². The fraction of sp³-hybridized carbons (Fsp3) is 0.133. The van der Waals surface area contributed by atoms with E-state index in [1.165, 1.54) is 19.1 Å². The molecule has 5 nitrogen and oxygen atoms in total. The van der Waals surface area contributed by atoms with Crippen LogP contribution < -0.4 is 4.74 Å². The number of carbonyl (C=O) groups excluding carboxylic acids is 1. The van der Waals surface area contributed by atoms with Gasteiger partial charge in [-0.05, 0) is 43.7 Å². The molecule has 0 aliphatic rings. The summed E-state index contributed by atoms with van der Waals surface area (Å²) in [7, 11) is 0. The van der Waals surface area contributed by atoms with Gasteiger partial charge in [0.2, 0.25) is 0 Å². The second-order valence-electron chi connectivity index (χ2n) is 4.50. The number of nitro groups is 1. The van der Waals surface area contributed by atoms with Crippen LogP contribution in [-0.2, 0) is 0 Å². The van der Waals surface area contributed by atoms with Crippen molar-refractivity contribution in [2.45, 2.75) is 13.8 Å². The second kappa shape index (κ2) is 6.05. The summed E-state index contributed by atoms with van der Waals surface area (Å²) in [6.45, 7) is 3.17. The number of Topliss-reactive ketones (excluding diaryl/α,β-unsaturated/α-hetero) is 1. The lowest BCUT2D eigenvalue weighted by atomic mass is 10.1. The highest BCUT2D eigenvalue weighted by Crippen LogP contribution is 2.31. The monoisotopic (exact) mass is 349 g/mol. The summed E-state index contributed by atoms with van der Waals surface area (Å²) in [6.07, 6.45) is 0. The molecule has 0 aliphatic carbocycles. The zero-order chi connectivity index (χ0) is 15.6. The Morgan fingerprint density at radius 1 is 1.24 bits per heavy atom. The zero-order valence-electron chi connectivity index (χ0n) is 11.4. The quantitative estimate of drug-likeness (QED) is 0.457. The molecule has 0 bridgehead atoms. The van der Waals surface area contributed by atoms with Gasteiger partial charge in [0, 0.05) is 4.47 Å². The normalized spacial score (nSPS) is 10.2. The van der Waals surface area contributed by atoms with Crippen LogP contribution in [0.25, 0.3) is 0 Å². The maximum absolute atomic E-state index is 11.4. The molecule has 2 aromatic rings. The van der Waals surface area contributed by atoms with Gasteiger partial charge < -0.3 is 4.74 Å². The summed E-state index contributed by atoms with van der Waals surface area (Å²) in [5, 5.41) is 11.0. The van der Waals surface area contributed by atoms with Crippen molar-refractivity contribution in [2.75, 3.05) is 0 Å². The third kappa shape index (κ3) is 3.46. The SMILES string of the molecule is CC(=O)c1ccc(Oc2cc(Br)ccc2C)cc1[N+](=O)[O-]. The molecule has 6 heteroatoms. The molecule has 0 amide bonds. The third-order valence-electron chi connectivity index (χ3n) is 2.92. The van der Waals surface area contributed by atoms with Crippen molar-refractivity contribution >= 4 is 27.4 Å². The molecule has 21 heavy (non-hydrogen) atoms. The molecular formula is C15H12BrNO4. The minimum atomic E-state index is -0.586. The molecule has 0 aromatic heterocycles. The van der Waals surface area contributed by atoms with Gasteiger partial charge in [-0.3, -0.25) is 14.9 Å². The Balaban J connectivity index is 2.41. The summed E-state index contributed by atoms with van der Waals surface area (Å²) >= 11 is 3.35. The minimum absolute atomic E-state index is 0.0679. The van der Waals surface area contributed by atoms with Crippen molar-refractivity contribution in [1.29, 1.82) is 0 Å². The lowest BCUT2D eigenvalue weighted by Crippen LogP contribution is -2.00. The number of benzene rings is 2. The van der Waals surface area contributed by atoms with Gasteiger partial charge >= 0.3 is 0 Å². The zero-order valence-corrected chi connectivity index (χ0v) is 13.0. The Morgan fingerprint density at radius 3 is 2.57 bits per heavy atom. The van der Waals surface area contributed by atoms with Gasteiger partial charge in [-0.25, -0.2) is 0 Å². The molecule has 0 aliphatic heterocycles. The average Bonchev–Trinajstić information content (AvgIpc) is 2.42. The van der Waals surface area contributed by atoms with E-state index in [0.717, 1.165) is 10.0 Å². The number of hydrogen-bond donors (Lipinski definition) is 0. The standard InChI is InChI=1S/C15H12BrNO4/c1-9-3-4-11(16)7-15(9)21-12-5-6-13(10(2)18)14(8-12)17(19)20/h3-8H,1-2H3. The molecule has 0 saturated heterocycles. The topological polar surface area (TPSA) is 69.4 Å². The van der Waals surface area contributed by atoms with E-state index in [0.29, 0.717) is 11.5 Å². The van der Waals surface area contributed by atoms with E-state index in [-0.39, 0.29) is 17.0 Å². The maximum Gasteiger partial charge on any atom is 0.283 e. The summed E-state index contributed by atoms with van der Waals surface area (Å²) in [4.78, 5) is 21.8. The smallest absolute Gasteiger partial charge is 0.283 e. The first kappa shape index (κ1) is 15.2. The van der Waals surface area contributed by atoms with Crippen LogP contribution in [0.4, 0.5) is 5.69 Å². The Hall–Kier alpha value is -2.21. The molecule has 0 atom stereocenters. The number of halogens is 1. The van der Waals surface area contributed by atoms with Gasteiger partial charge in [0.25, 0.3) is 5.69 Å². The molecule has 0 saturated carbocycles. The summed E-state index contributed by atoms with van der Waals surface area (Å²) in [5.74, 6) is 0.550. The molecule has 2 rings (SSSR count). The van der Waals surface area contributed by atoms with E-state index in [2.05, 4.69) is 15.9 Å². The van der Waals surface area contributed by atoms with Crippen LogP contribution in [0.3, 0.4) is 0 Å². The number of hydrogen-bond acceptors (Lipinski definition) is 4. The average molecular weight is 350 g/mol. The van der Waals surface area contributed by atoms with Crippen LogP contribution in [0.1, 0.15) is 22.8 Å². The third-order valence-corrected chi connectivity index (χ3v) is 3.42. The Kier molecular flexibility index (Phi) is 4.37. The molecule has 0 N–H and O–H groups in total. The van der Waals surface area contributed by atoms with Gasteiger partial charge in [-0.2, -0.15) is 0 Å². The first-order valence-electron chi connectivity index (χ1n) is 6.12. The van der Waals surface area contributed by atoms with E-state index in [1.54, 1.807) is 12.1 Å². The highest BCUT2D eigenvalue weighted by atomic mass is 79.9. The van der Waals surface area contributed by atoms with E-state index in [4.69, 9.17) is 4.74 Å². The molecule has 2 aromatic carbocycles. The van der Waals surface area contributed by atoms with Crippen molar-refractivity contribution < 1.29 is 14.5 Å². The van der Waals surface area contributed by atoms with Crippen LogP contribution >= 0.6 is 15.9 Å². The van der Waals surface area contributed by atoms with Gasteiger partial charge in [0.05, 0.1) is 16.6 Å². The van der Waals surface area contributed by atoms with E-state index in [9.17, 15) is 14.9 Å². The molecule has 0 fully saturated rings. The number of nitro benzene ring substituents is 1. The van der Waals surface area contributed by atoms with E-state index >= 15 is 0 Å². The highest BCUT2D eigenvalue weighted by Gasteiger charge is 2.18. The molecule has 0 unspecified atom stereocenters. The number of rotatable bonds is 4. The lowest BCUT2D eigenvalue weighted by molar-refractivity contribution is -0.385. The number of nitrogens with zero attached hydrogens (tertiary/aromatic N) is 1. The fourth-order valence-corrected chi connectivity index (χ4v) is 2.17. The first-order chi connectivity index (χ1) is 9.88. The van der Waals surface area contributed by atoms with Gasteiger partial charge in [0.1, 0.15) is 11.5 Å². The maximum atomic E-state index is 11.4. The molecule has 0 spiro atoms. The summed E-state index contributed by atoms with van der Waals surface area (Å²) in [5.41, 5.74) is 0.711. The van der Waals surface area contributed by atoms with Crippen molar-refractivity contribution in [2.24, 2.45) is 0 Å². The van der Waals surface area contributed by atoms with Crippen LogP contribution in [0.5, 0.6) is 11.5 Å². The van der Waals surface area contributed by atoms with E-state index in [1.807, 2.05) is 19.1 Å². The summed E-state index contributed by atoms with van der Waals surface area (Å²) < 4.78 is 6.52. The predicted molar refractivity (Wildman–Crippen MR) is 82.1 cm³/mol. The Labute approximate surface area is 129 Å². The Morgan fingerprint density at radius 2 is 1.95 bits per heavy atom. The van der Waals surface area contributed by atoms with Gasteiger partial charge in [-0.15, -0.1) is 0 Å². The van der Waals surface area contributed by atoms with Crippen LogP contribution in [0.15, 0.2) is 40.9 Å². The van der Waals surface area contributed by atoms with Gasteiger partial charge in [0.15, 0.2) is 5.78 Å². The van der Waals surface area contributed by atoms with Crippen molar-refractivity contribution in [1.82, 2.24) is 0 Å². The number of ether oxygens (including phenoxy) is 1.